The van der Waals surface area contributed by atoms with E-state index >= 15 is 0 Å². The van der Waals surface area contributed by atoms with Crippen LogP contribution in [0.5, 0.6) is 5.75 Å². The van der Waals surface area contributed by atoms with Crippen LogP contribution in [-0.4, -0.2) is 20.5 Å². The fraction of sp³-hybridized carbons (Fsp3) is 0.0476. The van der Waals surface area contributed by atoms with E-state index < -0.39 is 10.1 Å². The predicted octanol–water partition coefficient (Wildman–Crippen LogP) is 4.45. The van der Waals surface area contributed by atoms with Gasteiger partial charge in [-0.3, -0.25) is 4.79 Å². The largest absolute Gasteiger partial charge is 0.378 e. The number of carbonyl (C=O) groups is 1. The van der Waals surface area contributed by atoms with Gasteiger partial charge in [0.05, 0.1) is 12.6 Å². The number of halogens is 2. The second kappa shape index (κ2) is 9.75. The van der Waals surface area contributed by atoms with Crippen molar-refractivity contribution in [3.63, 3.8) is 0 Å². The molecule has 0 bridgehead atoms. The Balaban J connectivity index is 1.72. The Morgan fingerprint density at radius 3 is 2.30 bits per heavy atom. The molecule has 0 spiro atoms. The van der Waals surface area contributed by atoms with Gasteiger partial charge in [-0.1, -0.05) is 65.7 Å². The van der Waals surface area contributed by atoms with Crippen LogP contribution >= 0.6 is 23.2 Å². The van der Waals surface area contributed by atoms with Gasteiger partial charge in [-0.2, -0.15) is 13.5 Å². The Kier molecular flexibility index (Phi) is 7.10. The number of para-hydroxylation sites is 1. The van der Waals surface area contributed by atoms with Gasteiger partial charge < -0.3 is 4.18 Å². The number of carbonyl (C=O) groups excluding carboxylic acids is 1. The Morgan fingerprint density at radius 1 is 0.967 bits per heavy atom. The van der Waals surface area contributed by atoms with Crippen LogP contribution in [0.15, 0.2) is 82.8 Å². The van der Waals surface area contributed by atoms with Gasteiger partial charge in [0.25, 0.3) is 0 Å². The van der Waals surface area contributed by atoms with Gasteiger partial charge in [0.2, 0.25) is 5.91 Å². The van der Waals surface area contributed by atoms with Gasteiger partial charge >= 0.3 is 10.1 Å². The molecule has 6 nitrogen and oxygen atoms in total. The van der Waals surface area contributed by atoms with Crippen LogP contribution in [0, 0.1) is 0 Å². The zero-order chi connectivity index (χ0) is 21.6. The molecule has 154 valence electrons. The van der Waals surface area contributed by atoms with E-state index in [1.807, 2.05) is 30.3 Å². The molecule has 1 N–H and O–H groups in total. The van der Waals surface area contributed by atoms with E-state index in [4.69, 9.17) is 27.4 Å². The van der Waals surface area contributed by atoms with Crippen LogP contribution in [0.1, 0.15) is 11.1 Å². The van der Waals surface area contributed by atoms with Crippen molar-refractivity contribution in [3.05, 3.63) is 94.0 Å². The number of amides is 1. The second-order valence-electron chi connectivity index (χ2n) is 6.14. The lowest BCUT2D eigenvalue weighted by Gasteiger charge is -2.10. The molecule has 0 aromatic heterocycles. The van der Waals surface area contributed by atoms with Crippen LogP contribution in [0.25, 0.3) is 0 Å². The maximum absolute atomic E-state index is 12.6. The normalized spacial score (nSPS) is 11.4. The van der Waals surface area contributed by atoms with Gasteiger partial charge in [0, 0.05) is 15.6 Å². The summed E-state index contributed by atoms with van der Waals surface area (Å²) in [4.78, 5) is 11.8. The van der Waals surface area contributed by atoms with Crippen molar-refractivity contribution >= 4 is 45.4 Å². The van der Waals surface area contributed by atoms with E-state index in [2.05, 4.69) is 10.5 Å². The summed E-state index contributed by atoms with van der Waals surface area (Å²) in [6.07, 6.45) is 1.47. The predicted molar refractivity (Wildman–Crippen MR) is 117 cm³/mol. The number of hydrazone groups is 1. The fourth-order valence-electron chi connectivity index (χ4n) is 2.50. The van der Waals surface area contributed by atoms with Gasteiger partial charge in [-0.15, -0.1) is 0 Å². The van der Waals surface area contributed by atoms with Crippen LogP contribution in [0.3, 0.4) is 0 Å². The third-order valence-electron chi connectivity index (χ3n) is 3.84. The maximum Gasteiger partial charge on any atom is 0.339 e. The molecule has 30 heavy (non-hydrogen) atoms. The summed E-state index contributed by atoms with van der Waals surface area (Å²) in [6, 6.07) is 19.5. The highest BCUT2D eigenvalue weighted by molar-refractivity contribution is 7.87. The first-order valence-electron chi connectivity index (χ1n) is 8.69. The van der Waals surface area contributed by atoms with Crippen molar-refractivity contribution in [1.82, 2.24) is 5.43 Å². The van der Waals surface area contributed by atoms with Crippen molar-refractivity contribution in [1.29, 1.82) is 0 Å². The minimum Gasteiger partial charge on any atom is -0.378 e. The van der Waals surface area contributed by atoms with Crippen LogP contribution in [0.2, 0.25) is 10.0 Å². The molecule has 0 radical (unpaired) electrons. The first kappa shape index (κ1) is 21.8. The number of hydrogen-bond acceptors (Lipinski definition) is 5. The Bertz CT molecular complexity index is 1160. The van der Waals surface area contributed by atoms with Gasteiger partial charge in [0.15, 0.2) is 5.75 Å². The van der Waals surface area contributed by atoms with Crippen molar-refractivity contribution in [2.45, 2.75) is 11.3 Å². The van der Waals surface area contributed by atoms with Crippen LogP contribution < -0.4 is 9.61 Å². The Labute approximate surface area is 184 Å². The highest BCUT2D eigenvalue weighted by Crippen LogP contribution is 2.26. The van der Waals surface area contributed by atoms with Crippen molar-refractivity contribution in [3.8, 4) is 5.75 Å². The summed E-state index contributed by atoms with van der Waals surface area (Å²) < 4.78 is 30.4. The summed E-state index contributed by atoms with van der Waals surface area (Å²) in [5.41, 5.74) is 3.61. The molecule has 0 saturated carbocycles. The first-order valence-corrected chi connectivity index (χ1v) is 10.9. The molecule has 0 aliphatic rings. The van der Waals surface area contributed by atoms with Crippen LogP contribution in [0.4, 0.5) is 0 Å². The summed E-state index contributed by atoms with van der Waals surface area (Å²) in [5.74, 6) is -0.272. The molecule has 0 aliphatic carbocycles. The summed E-state index contributed by atoms with van der Waals surface area (Å²) >= 11 is 11.8. The maximum atomic E-state index is 12.6. The number of hydrogen-bond donors (Lipinski definition) is 1. The van der Waals surface area contributed by atoms with E-state index in [1.54, 1.807) is 18.2 Å². The quantitative estimate of drug-likeness (QED) is 0.319. The third kappa shape index (κ3) is 6.06. The topological polar surface area (TPSA) is 84.8 Å². The van der Waals surface area contributed by atoms with E-state index in [0.29, 0.717) is 5.56 Å². The lowest BCUT2D eigenvalue weighted by molar-refractivity contribution is -0.120. The van der Waals surface area contributed by atoms with Crippen molar-refractivity contribution in [2.24, 2.45) is 5.10 Å². The number of nitrogens with zero attached hydrogens (tertiary/aromatic N) is 1. The third-order valence-corrected chi connectivity index (χ3v) is 5.49. The average molecular weight is 463 g/mol. The lowest BCUT2D eigenvalue weighted by Crippen LogP contribution is -2.19. The van der Waals surface area contributed by atoms with Crippen LogP contribution in [-0.2, 0) is 21.3 Å². The minimum atomic E-state index is -4.18. The molecule has 3 aromatic rings. The van der Waals surface area contributed by atoms with Crippen molar-refractivity contribution in [2.75, 3.05) is 0 Å². The highest BCUT2D eigenvalue weighted by Gasteiger charge is 2.19. The zero-order valence-electron chi connectivity index (χ0n) is 15.5. The molecule has 9 heteroatoms. The summed E-state index contributed by atoms with van der Waals surface area (Å²) in [6.45, 7) is 0. The van der Waals surface area contributed by atoms with E-state index in [-0.39, 0.29) is 33.0 Å². The molecular weight excluding hydrogens is 447 g/mol. The molecule has 3 rings (SSSR count). The SMILES string of the molecule is O=C(Cc1ccccc1)N/N=C/c1ccccc1OS(=O)(=O)c1cc(Cl)cc(Cl)c1. The fourth-order valence-corrected chi connectivity index (χ4v) is 4.18. The Hall–Kier alpha value is -2.87. The van der Waals surface area contributed by atoms with Crippen molar-refractivity contribution < 1.29 is 17.4 Å². The summed E-state index contributed by atoms with van der Waals surface area (Å²) in [7, 11) is -4.18. The smallest absolute Gasteiger partial charge is 0.339 e. The minimum absolute atomic E-state index is 0.0367. The molecule has 0 aliphatic heterocycles. The molecule has 0 unspecified atom stereocenters. The van der Waals surface area contributed by atoms with E-state index in [0.717, 1.165) is 5.56 Å². The standard InChI is InChI=1S/C21H16Cl2N2O4S/c22-17-11-18(23)13-19(12-17)30(27,28)29-20-9-5-4-8-16(20)14-24-25-21(26)10-15-6-2-1-3-7-15/h1-9,11-14H,10H2,(H,25,26)/b24-14+. The molecule has 0 saturated heterocycles. The second-order valence-corrected chi connectivity index (χ2v) is 8.56. The number of benzene rings is 3. The van der Waals surface area contributed by atoms with Gasteiger partial charge in [-0.05, 0) is 35.9 Å². The molecule has 0 atom stereocenters. The zero-order valence-corrected chi connectivity index (χ0v) is 17.8. The highest BCUT2D eigenvalue weighted by atomic mass is 35.5. The molecule has 3 aromatic carbocycles. The number of rotatable bonds is 7. The van der Waals surface area contributed by atoms with Gasteiger partial charge in [-0.25, -0.2) is 5.43 Å². The molecule has 1 amide bonds. The average Bonchev–Trinajstić information content (AvgIpc) is 2.69. The first-order chi connectivity index (χ1) is 14.3. The molecule has 0 heterocycles. The molecular formula is C21H16Cl2N2O4S. The molecule has 0 fully saturated rings. The van der Waals surface area contributed by atoms with E-state index in [9.17, 15) is 13.2 Å². The monoisotopic (exact) mass is 462 g/mol. The summed E-state index contributed by atoms with van der Waals surface area (Å²) in [5, 5.41) is 4.22. The number of nitrogens with one attached hydrogen (secondary N) is 1. The lowest BCUT2D eigenvalue weighted by atomic mass is 10.1. The Morgan fingerprint density at radius 2 is 1.60 bits per heavy atom. The van der Waals surface area contributed by atoms with E-state index in [1.165, 1.54) is 30.5 Å². The van der Waals surface area contributed by atoms with Gasteiger partial charge in [0.1, 0.15) is 4.90 Å².